The molecule has 4 aromatic carbocycles. The average molecular weight is 688 g/mol. The maximum Gasteiger partial charge on any atom is 0.263 e. The van der Waals surface area contributed by atoms with Crippen molar-refractivity contribution in [3.8, 4) is 11.5 Å². The highest BCUT2D eigenvalue weighted by Crippen LogP contribution is 2.32. The van der Waals surface area contributed by atoms with Crippen molar-refractivity contribution in [2.45, 2.75) is 56.2 Å². The highest BCUT2D eigenvalue weighted by atomic mass is 32.2. The lowest BCUT2D eigenvalue weighted by atomic mass is 10.0. The summed E-state index contributed by atoms with van der Waals surface area (Å²) in [4.78, 5) is 4.66. The maximum absolute atomic E-state index is 12.6. The van der Waals surface area contributed by atoms with E-state index < -0.39 is 20.0 Å². The third kappa shape index (κ3) is 9.79. The van der Waals surface area contributed by atoms with Crippen LogP contribution in [-0.2, 0) is 20.0 Å². The number of para-hydroxylation sites is 1. The van der Waals surface area contributed by atoms with Crippen LogP contribution in [0.2, 0.25) is 0 Å². The van der Waals surface area contributed by atoms with Crippen molar-refractivity contribution in [2.24, 2.45) is 0 Å². The molecule has 48 heavy (non-hydrogen) atoms. The number of allylic oxidation sites excluding steroid dienone is 1. The van der Waals surface area contributed by atoms with Crippen molar-refractivity contribution in [3.05, 3.63) is 145 Å². The van der Waals surface area contributed by atoms with E-state index in [1.54, 1.807) is 66.9 Å². The molecule has 1 heterocycles. The normalized spacial score (nSPS) is 11.4. The van der Waals surface area contributed by atoms with Crippen LogP contribution in [0.15, 0.2) is 138 Å². The van der Waals surface area contributed by atoms with E-state index in [9.17, 15) is 16.8 Å². The Hall–Kier alpha value is -4.93. The van der Waals surface area contributed by atoms with Gasteiger partial charge in [0.25, 0.3) is 20.0 Å². The van der Waals surface area contributed by atoms with Gasteiger partial charge in [-0.15, -0.1) is 0 Å². The molecule has 0 fully saturated rings. The van der Waals surface area contributed by atoms with Gasteiger partial charge >= 0.3 is 0 Å². The number of pyridine rings is 1. The molecule has 0 bridgehead atoms. The second-order valence-electron chi connectivity index (χ2n) is 11.8. The second kappa shape index (κ2) is 15.8. The molecular weight excluding hydrogens is 643 g/mol. The highest BCUT2D eigenvalue weighted by Gasteiger charge is 2.19. The van der Waals surface area contributed by atoms with E-state index in [1.165, 1.54) is 17.7 Å². The molecule has 5 rings (SSSR count). The molecular formula is C38H45N3O5S2. The Balaban J connectivity index is 0.000000338. The molecule has 0 unspecified atom stereocenters. The standard InChI is InChI=1S/C20H18N2O3S.C18H23NO2S.2H2/c1-15(2)16-13-19(25-17-9-5-3-6-10-17)20(21-14-16)22-26(23,24)18-11-7-4-8-12-18;1-13(2)15-5-9-17(10-6-15)19-22(20,21)18-11-7-16(8-12-18)14(3)4;;/h3-14H,1H2,2H3,(H,21,22);5-14,19H,1-4H3;2*1H. The zero-order valence-electron chi connectivity index (χ0n) is 27.7. The van der Waals surface area contributed by atoms with Crippen molar-refractivity contribution in [1.29, 1.82) is 0 Å². The number of rotatable bonds is 11. The number of benzene rings is 4. The first-order valence-corrected chi connectivity index (χ1v) is 18.4. The first-order chi connectivity index (χ1) is 22.7. The highest BCUT2D eigenvalue weighted by molar-refractivity contribution is 7.93. The van der Waals surface area contributed by atoms with E-state index in [2.05, 4.69) is 48.7 Å². The maximum atomic E-state index is 12.6. The summed E-state index contributed by atoms with van der Waals surface area (Å²) in [6.07, 6.45) is 1.56. The van der Waals surface area contributed by atoms with E-state index in [4.69, 9.17) is 4.74 Å². The number of ether oxygens (including phenoxy) is 1. The van der Waals surface area contributed by atoms with Gasteiger partial charge in [0.1, 0.15) is 5.75 Å². The first-order valence-electron chi connectivity index (χ1n) is 15.4. The number of hydrogen-bond donors (Lipinski definition) is 2. The monoisotopic (exact) mass is 687 g/mol. The third-order valence-electron chi connectivity index (χ3n) is 7.29. The van der Waals surface area contributed by atoms with E-state index in [-0.39, 0.29) is 18.5 Å². The summed E-state index contributed by atoms with van der Waals surface area (Å²) in [5.41, 5.74) is 4.45. The van der Waals surface area contributed by atoms with Crippen molar-refractivity contribution in [2.75, 3.05) is 9.44 Å². The predicted molar refractivity (Wildman–Crippen MR) is 199 cm³/mol. The van der Waals surface area contributed by atoms with Crippen molar-refractivity contribution in [3.63, 3.8) is 0 Å². The van der Waals surface area contributed by atoms with Crippen molar-refractivity contribution < 1.29 is 24.4 Å². The molecule has 0 spiro atoms. The zero-order chi connectivity index (χ0) is 34.9. The average Bonchev–Trinajstić information content (AvgIpc) is 3.06. The van der Waals surface area contributed by atoms with Gasteiger partial charge in [-0.1, -0.05) is 94.9 Å². The minimum atomic E-state index is -3.78. The molecule has 0 aliphatic rings. The fourth-order valence-corrected chi connectivity index (χ4v) is 6.52. The molecule has 0 saturated heterocycles. The summed E-state index contributed by atoms with van der Waals surface area (Å²) in [6.45, 7) is 14.1. The molecule has 0 saturated carbocycles. The van der Waals surface area contributed by atoms with Crippen LogP contribution in [0, 0.1) is 0 Å². The summed E-state index contributed by atoms with van der Waals surface area (Å²) in [5.74, 6) is 1.80. The summed E-state index contributed by atoms with van der Waals surface area (Å²) in [6, 6.07) is 33.4. The lowest BCUT2D eigenvalue weighted by Gasteiger charge is -2.14. The van der Waals surface area contributed by atoms with Crippen LogP contribution in [0.1, 0.15) is 66.0 Å². The molecule has 0 amide bonds. The number of anilines is 2. The smallest absolute Gasteiger partial charge is 0.263 e. The van der Waals surface area contributed by atoms with Gasteiger partial charge in [0.05, 0.1) is 9.79 Å². The van der Waals surface area contributed by atoms with Gasteiger partial charge < -0.3 is 4.74 Å². The van der Waals surface area contributed by atoms with E-state index >= 15 is 0 Å². The molecule has 2 N–H and O–H groups in total. The summed E-state index contributed by atoms with van der Waals surface area (Å²) in [5, 5.41) is 0. The number of nitrogens with one attached hydrogen (secondary N) is 2. The Morgan fingerprint density at radius 2 is 1.17 bits per heavy atom. The fourth-order valence-electron chi connectivity index (χ4n) is 4.42. The number of sulfonamides is 2. The number of aromatic nitrogens is 1. The molecule has 254 valence electrons. The SMILES string of the molecule is C=C(C)c1cnc(NS(=O)(=O)c2ccccc2)c(Oc2ccccc2)c1.CC(C)c1ccc(NS(=O)(=O)c2ccc(C(C)C)cc2)cc1.[HH].[HH]. The van der Waals surface area contributed by atoms with Gasteiger partial charge in [-0.25, -0.2) is 21.8 Å². The molecule has 10 heteroatoms. The van der Waals surface area contributed by atoms with E-state index in [0.29, 0.717) is 29.0 Å². The topological polar surface area (TPSA) is 114 Å². The molecule has 0 aliphatic carbocycles. The Kier molecular flexibility index (Phi) is 11.8. The largest absolute Gasteiger partial charge is 0.453 e. The molecule has 0 radical (unpaired) electrons. The minimum Gasteiger partial charge on any atom is -0.453 e. The Bertz CT molecular complexity index is 2040. The third-order valence-corrected chi connectivity index (χ3v) is 10.0. The molecule has 1 aromatic heterocycles. The van der Waals surface area contributed by atoms with Crippen LogP contribution >= 0.6 is 0 Å². The fraction of sp³-hybridized carbons (Fsp3) is 0.184. The van der Waals surface area contributed by atoms with Crippen molar-refractivity contribution in [1.82, 2.24) is 4.98 Å². The van der Waals surface area contributed by atoms with Gasteiger partial charge in [-0.05, 0) is 95.6 Å². The Morgan fingerprint density at radius 1 is 0.688 bits per heavy atom. The molecule has 0 atom stereocenters. The van der Waals surface area contributed by atoms with Crippen LogP contribution in [0.4, 0.5) is 11.5 Å². The summed E-state index contributed by atoms with van der Waals surface area (Å²) < 4.78 is 61.0. The molecule has 8 nitrogen and oxygen atoms in total. The first kappa shape index (κ1) is 35.9. The predicted octanol–water partition coefficient (Wildman–Crippen LogP) is 9.93. The van der Waals surface area contributed by atoms with Crippen LogP contribution in [0.3, 0.4) is 0 Å². The van der Waals surface area contributed by atoms with Crippen LogP contribution in [0.5, 0.6) is 11.5 Å². The quantitative estimate of drug-likeness (QED) is 0.143. The van der Waals surface area contributed by atoms with Gasteiger partial charge in [-0.3, -0.25) is 9.44 Å². The number of nitrogens with zero attached hydrogens (tertiary/aromatic N) is 1. The second-order valence-corrected chi connectivity index (χ2v) is 15.2. The lowest BCUT2D eigenvalue weighted by Crippen LogP contribution is -2.14. The van der Waals surface area contributed by atoms with E-state index in [0.717, 1.165) is 16.7 Å². The number of hydrogen-bond acceptors (Lipinski definition) is 6. The molecule has 0 aliphatic heterocycles. The van der Waals surface area contributed by atoms with Gasteiger partial charge in [0.15, 0.2) is 11.6 Å². The van der Waals surface area contributed by atoms with Gasteiger partial charge in [0, 0.05) is 14.7 Å². The van der Waals surface area contributed by atoms with E-state index in [1.807, 2.05) is 49.4 Å². The van der Waals surface area contributed by atoms with Gasteiger partial charge in [-0.2, -0.15) is 0 Å². The van der Waals surface area contributed by atoms with Crippen molar-refractivity contribution >= 4 is 37.1 Å². The molecule has 5 aromatic rings. The van der Waals surface area contributed by atoms with Crippen LogP contribution in [-0.4, -0.2) is 21.8 Å². The summed E-state index contributed by atoms with van der Waals surface area (Å²) in [7, 11) is -7.32. The Labute approximate surface area is 287 Å². The lowest BCUT2D eigenvalue weighted by molar-refractivity contribution is 0.482. The van der Waals surface area contributed by atoms with Crippen LogP contribution in [0.25, 0.3) is 5.57 Å². The van der Waals surface area contributed by atoms with Crippen LogP contribution < -0.4 is 14.2 Å². The summed E-state index contributed by atoms with van der Waals surface area (Å²) >= 11 is 0. The Morgan fingerprint density at radius 3 is 1.69 bits per heavy atom. The minimum absolute atomic E-state index is 0. The van der Waals surface area contributed by atoms with Gasteiger partial charge in [0.2, 0.25) is 0 Å². The zero-order valence-corrected chi connectivity index (χ0v) is 29.3.